The zero-order chi connectivity index (χ0) is 13.9. The molecule has 0 radical (unpaired) electrons. The van der Waals surface area contributed by atoms with Crippen molar-refractivity contribution in [2.45, 2.75) is 44.8 Å². The number of likely N-dealkylation sites (tertiary alicyclic amines) is 1. The molecule has 0 amide bonds. The van der Waals surface area contributed by atoms with Gasteiger partial charge < -0.3 is 15.7 Å². The molecule has 1 heterocycles. The van der Waals surface area contributed by atoms with Crippen molar-refractivity contribution in [2.24, 2.45) is 5.73 Å². The highest BCUT2D eigenvalue weighted by atomic mass is 16.3. The second-order valence-corrected chi connectivity index (χ2v) is 6.18. The van der Waals surface area contributed by atoms with Crippen molar-refractivity contribution in [3.8, 4) is 0 Å². The molecule has 2 unspecified atom stereocenters. The molecule has 1 aromatic rings. The number of aryl methyl sites for hydroxylation is 1. The smallest absolute Gasteiger partial charge is 0.0746 e. The fourth-order valence-electron chi connectivity index (χ4n) is 2.82. The van der Waals surface area contributed by atoms with E-state index in [-0.39, 0.29) is 6.04 Å². The lowest BCUT2D eigenvalue weighted by molar-refractivity contribution is -0.0161. The molecule has 1 aliphatic rings. The SMILES string of the molecule is Cc1ccc(C(N)CCN2CCCC(C)(O)C2)cc1. The highest BCUT2D eigenvalue weighted by Gasteiger charge is 2.28. The van der Waals surface area contributed by atoms with E-state index in [4.69, 9.17) is 5.73 Å². The van der Waals surface area contributed by atoms with Gasteiger partial charge in [-0.05, 0) is 45.2 Å². The molecule has 0 saturated carbocycles. The lowest BCUT2D eigenvalue weighted by atomic mass is 9.94. The van der Waals surface area contributed by atoms with Crippen molar-refractivity contribution in [2.75, 3.05) is 19.6 Å². The second kappa shape index (κ2) is 6.04. The first-order valence-electron chi connectivity index (χ1n) is 7.23. The maximum absolute atomic E-state index is 10.1. The van der Waals surface area contributed by atoms with E-state index in [0.29, 0.717) is 0 Å². The standard InChI is InChI=1S/C16H26N2O/c1-13-4-6-14(7-5-13)15(17)8-11-18-10-3-9-16(2,19)12-18/h4-7,15,19H,3,8-12,17H2,1-2H3. The first kappa shape index (κ1) is 14.5. The third-order valence-corrected chi connectivity index (χ3v) is 4.02. The minimum atomic E-state index is -0.522. The van der Waals surface area contributed by atoms with E-state index in [1.165, 1.54) is 11.1 Å². The first-order valence-corrected chi connectivity index (χ1v) is 7.23. The summed E-state index contributed by atoms with van der Waals surface area (Å²) in [5.41, 5.74) is 8.19. The maximum Gasteiger partial charge on any atom is 0.0746 e. The van der Waals surface area contributed by atoms with Gasteiger partial charge in [-0.2, -0.15) is 0 Å². The zero-order valence-electron chi connectivity index (χ0n) is 12.1. The fraction of sp³-hybridized carbons (Fsp3) is 0.625. The third-order valence-electron chi connectivity index (χ3n) is 4.02. The van der Waals surface area contributed by atoms with Gasteiger partial charge in [0.25, 0.3) is 0 Å². The molecule has 3 nitrogen and oxygen atoms in total. The normalized spacial score (nSPS) is 26.3. The highest BCUT2D eigenvalue weighted by molar-refractivity contribution is 5.23. The molecule has 0 bridgehead atoms. The number of hydrogen-bond donors (Lipinski definition) is 2. The summed E-state index contributed by atoms with van der Waals surface area (Å²) < 4.78 is 0. The predicted molar refractivity (Wildman–Crippen MR) is 79.0 cm³/mol. The number of piperidine rings is 1. The van der Waals surface area contributed by atoms with Crippen LogP contribution < -0.4 is 5.73 Å². The van der Waals surface area contributed by atoms with Crippen LogP contribution in [0.4, 0.5) is 0 Å². The van der Waals surface area contributed by atoms with Gasteiger partial charge in [0.05, 0.1) is 5.60 Å². The van der Waals surface area contributed by atoms with Crippen LogP contribution in [0.3, 0.4) is 0 Å². The molecule has 19 heavy (non-hydrogen) atoms. The van der Waals surface area contributed by atoms with Gasteiger partial charge in [0.15, 0.2) is 0 Å². The van der Waals surface area contributed by atoms with E-state index in [9.17, 15) is 5.11 Å². The summed E-state index contributed by atoms with van der Waals surface area (Å²) in [6, 6.07) is 8.55. The van der Waals surface area contributed by atoms with Crippen LogP contribution in [0.25, 0.3) is 0 Å². The molecule has 106 valence electrons. The van der Waals surface area contributed by atoms with E-state index in [0.717, 1.165) is 38.9 Å². The van der Waals surface area contributed by atoms with Crippen LogP contribution in [0, 0.1) is 6.92 Å². The summed E-state index contributed by atoms with van der Waals surface area (Å²) in [5, 5.41) is 10.1. The van der Waals surface area contributed by atoms with E-state index in [2.05, 4.69) is 36.1 Å². The highest BCUT2D eigenvalue weighted by Crippen LogP contribution is 2.22. The second-order valence-electron chi connectivity index (χ2n) is 6.18. The number of aliphatic hydroxyl groups is 1. The average Bonchev–Trinajstić information content (AvgIpc) is 2.36. The van der Waals surface area contributed by atoms with Crippen molar-refractivity contribution in [1.82, 2.24) is 4.90 Å². The molecule has 1 aromatic carbocycles. The number of nitrogens with zero attached hydrogens (tertiary/aromatic N) is 1. The Balaban J connectivity index is 1.83. The van der Waals surface area contributed by atoms with Crippen LogP contribution in [-0.4, -0.2) is 35.2 Å². The Labute approximate surface area is 116 Å². The van der Waals surface area contributed by atoms with Crippen molar-refractivity contribution >= 4 is 0 Å². The van der Waals surface area contributed by atoms with Gasteiger partial charge in [0, 0.05) is 19.1 Å². The summed E-state index contributed by atoms with van der Waals surface area (Å²) in [7, 11) is 0. The largest absolute Gasteiger partial charge is 0.389 e. The maximum atomic E-state index is 10.1. The van der Waals surface area contributed by atoms with Crippen molar-refractivity contribution in [3.05, 3.63) is 35.4 Å². The number of benzene rings is 1. The molecule has 0 spiro atoms. The van der Waals surface area contributed by atoms with E-state index in [1.54, 1.807) is 0 Å². The number of rotatable bonds is 4. The molecule has 1 fully saturated rings. The fourth-order valence-corrected chi connectivity index (χ4v) is 2.82. The van der Waals surface area contributed by atoms with E-state index in [1.807, 2.05) is 6.92 Å². The molecular formula is C16H26N2O. The quantitative estimate of drug-likeness (QED) is 0.875. The predicted octanol–water partition coefficient (Wildman–Crippen LogP) is 2.23. The van der Waals surface area contributed by atoms with Gasteiger partial charge in [-0.25, -0.2) is 0 Å². The Morgan fingerprint density at radius 1 is 1.37 bits per heavy atom. The average molecular weight is 262 g/mol. The van der Waals surface area contributed by atoms with Crippen molar-refractivity contribution in [3.63, 3.8) is 0 Å². The summed E-state index contributed by atoms with van der Waals surface area (Å²) in [6.45, 7) is 6.83. The monoisotopic (exact) mass is 262 g/mol. The van der Waals surface area contributed by atoms with Crippen LogP contribution >= 0.6 is 0 Å². The molecule has 0 aromatic heterocycles. The third kappa shape index (κ3) is 4.30. The zero-order valence-corrected chi connectivity index (χ0v) is 12.1. The van der Waals surface area contributed by atoms with E-state index >= 15 is 0 Å². The Morgan fingerprint density at radius 3 is 2.68 bits per heavy atom. The summed E-state index contributed by atoms with van der Waals surface area (Å²) >= 11 is 0. The molecule has 1 saturated heterocycles. The molecule has 3 heteroatoms. The molecular weight excluding hydrogens is 236 g/mol. The van der Waals surface area contributed by atoms with Crippen LogP contribution in [-0.2, 0) is 0 Å². The Kier molecular flexibility index (Phi) is 4.61. The van der Waals surface area contributed by atoms with Crippen LogP contribution in [0.1, 0.15) is 43.4 Å². The first-order chi connectivity index (χ1) is 8.96. The lowest BCUT2D eigenvalue weighted by Crippen LogP contribution is -2.46. The lowest BCUT2D eigenvalue weighted by Gasteiger charge is -2.37. The Morgan fingerprint density at radius 2 is 2.05 bits per heavy atom. The van der Waals surface area contributed by atoms with E-state index < -0.39 is 5.60 Å². The summed E-state index contributed by atoms with van der Waals surface area (Å²) in [4.78, 5) is 2.33. The Hall–Kier alpha value is -0.900. The summed E-state index contributed by atoms with van der Waals surface area (Å²) in [6.07, 6.45) is 2.93. The molecule has 3 N–H and O–H groups in total. The minimum absolute atomic E-state index is 0.0903. The van der Waals surface area contributed by atoms with Gasteiger partial charge in [0.1, 0.15) is 0 Å². The topological polar surface area (TPSA) is 49.5 Å². The van der Waals surface area contributed by atoms with Gasteiger partial charge in [-0.1, -0.05) is 29.8 Å². The van der Waals surface area contributed by atoms with Crippen molar-refractivity contribution < 1.29 is 5.11 Å². The van der Waals surface area contributed by atoms with Crippen LogP contribution in [0.5, 0.6) is 0 Å². The number of hydrogen-bond acceptors (Lipinski definition) is 3. The minimum Gasteiger partial charge on any atom is -0.389 e. The molecule has 0 aliphatic carbocycles. The Bertz CT molecular complexity index is 400. The number of nitrogens with two attached hydrogens (primary N) is 1. The van der Waals surface area contributed by atoms with Gasteiger partial charge in [-0.3, -0.25) is 0 Å². The van der Waals surface area contributed by atoms with Crippen LogP contribution in [0.15, 0.2) is 24.3 Å². The van der Waals surface area contributed by atoms with Gasteiger partial charge >= 0.3 is 0 Å². The van der Waals surface area contributed by atoms with Crippen LogP contribution in [0.2, 0.25) is 0 Å². The molecule has 2 atom stereocenters. The van der Waals surface area contributed by atoms with Gasteiger partial charge in [-0.15, -0.1) is 0 Å². The van der Waals surface area contributed by atoms with Gasteiger partial charge in [0.2, 0.25) is 0 Å². The molecule has 1 aliphatic heterocycles. The summed E-state index contributed by atoms with van der Waals surface area (Å²) in [5.74, 6) is 0. The number of β-amino-alcohol motifs (C(OH)–C–C–N with tert-alkyl or cyclic N) is 1. The van der Waals surface area contributed by atoms with Crippen molar-refractivity contribution in [1.29, 1.82) is 0 Å². The molecule has 2 rings (SSSR count).